The minimum absolute atomic E-state index is 0.128. The van der Waals surface area contributed by atoms with Crippen LogP contribution >= 0.6 is 11.8 Å². The lowest BCUT2D eigenvalue weighted by atomic mass is 9.95. The second-order valence-electron chi connectivity index (χ2n) is 7.25. The van der Waals surface area contributed by atoms with Gasteiger partial charge in [0, 0.05) is 43.3 Å². The SMILES string of the molecule is Cc1nc(C(=O)NCC2CN(C(=O)C3CCCSC3)C2)cc(=O)[nH]1.O=C(O)C(F)(F)F. The van der Waals surface area contributed by atoms with Crippen molar-refractivity contribution in [3.05, 3.63) is 27.9 Å². The second kappa shape index (κ2) is 10.6. The van der Waals surface area contributed by atoms with Crippen LogP contribution in [0.2, 0.25) is 0 Å². The average Bonchev–Trinajstić information content (AvgIpc) is 2.66. The molecule has 1 aromatic rings. The maximum atomic E-state index is 12.3. The fourth-order valence-corrected chi connectivity index (χ4v) is 4.23. The third-order valence-electron chi connectivity index (χ3n) is 4.66. The van der Waals surface area contributed by atoms with E-state index < -0.39 is 12.1 Å². The number of nitrogens with zero attached hydrogens (tertiary/aromatic N) is 2. The molecule has 13 heteroatoms. The Morgan fingerprint density at radius 2 is 2.00 bits per heavy atom. The number of carbonyl (C=O) groups is 3. The van der Waals surface area contributed by atoms with E-state index in [1.54, 1.807) is 6.92 Å². The number of carbonyl (C=O) groups excluding carboxylic acids is 2. The van der Waals surface area contributed by atoms with Crippen molar-refractivity contribution in [3.8, 4) is 0 Å². The van der Waals surface area contributed by atoms with Crippen LogP contribution in [0, 0.1) is 18.8 Å². The molecular formula is C18H23F3N4O5S. The number of aryl methyl sites for hydroxylation is 1. The molecule has 9 nitrogen and oxygen atoms in total. The van der Waals surface area contributed by atoms with Crippen molar-refractivity contribution in [2.24, 2.45) is 11.8 Å². The van der Waals surface area contributed by atoms with Crippen molar-refractivity contribution in [2.75, 3.05) is 31.1 Å². The van der Waals surface area contributed by atoms with Crippen LogP contribution in [0.4, 0.5) is 13.2 Å². The highest BCUT2D eigenvalue weighted by atomic mass is 32.2. The number of carboxylic acid groups (broad SMARTS) is 1. The third-order valence-corrected chi connectivity index (χ3v) is 5.88. The van der Waals surface area contributed by atoms with Crippen molar-refractivity contribution in [1.29, 1.82) is 0 Å². The van der Waals surface area contributed by atoms with E-state index in [0.29, 0.717) is 25.5 Å². The molecule has 1 unspecified atom stereocenters. The number of likely N-dealkylation sites (tertiary alicyclic amines) is 1. The van der Waals surface area contributed by atoms with Crippen LogP contribution in [0.15, 0.2) is 10.9 Å². The van der Waals surface area contributed by atoms with Gasteiger partial charge in [0.15, 0.2) is 0 Å². The number of H-pyrrole nitrogens is 1. The van der Waals surface area contributed by atoms with Gasteiger partial charge in [-0.3, -0.25) is 14.4 Å². The van der Waals surface area contributed by atoms with E-state index in [1.165, 1.54) is 6.07 Å². The van der Waals surface area contributed by atoms with Gasteiger partial charge in [-0.05, 0) is 25.5 Å². The molecule has 0 bridgehead atoms. The number of halogens is 3. The van der Waals surface area contributed by atoms with Crippen LogP contribution < -0.4 is 10.9 Å². The van der Waals surface area contributed by atoms with Crippen molar-refractivity contribution in [2.45, 2.75) is 25.9 Å². The second-order valence-corrected chi connectivity index (χ2v) is 8.40. The number of aromatic amines is 1. The van der Waals surface area contributed by atoms with E-state index in [4.69, 9.17) is 9.90 Å². The number of thioether (sulfide) groups is 1. The summed E-state index contributed by atoms with van der Waals surface area (Å²) in [5.41, 5.74) is -0.207. The number of amides is 2. The zero-order valence-electron chi connectivity index (χ0n) is 16.7. The van der Waals surface area contributed by atoms with Gasteiger partial charge in [-0.2, -0.15) is 24.9 Å². The quantitative estimate of drug-likeness (QED) is 0.607. The Labute approximate surface area is 179 Å². The molecule has 1 aromatic heterocycles. The summed E-state index contributed by atoms with van der Waals surface area (Å²) in [5.74, 6) is 0.110. The van der Waals surface area contributed by atoms with E-state index in [9.17, 15) is 27.6 Å². The average molecular weight is 464 g/mol. The molecule has 2 saturated heterocycles. The van der Waals surface area contributed by atoms with Crippen LogP contribution in [0.3, 0.4) is 0 Å². The topological polar surface area (TPSA) is 132 Å². The minimum Gasteiger partial charge on any atom is -0.475 e. The molecule has 2 aliphatic rings. The highest BCUT2D eigenvalue weighted by Crippen LogP contribution is 2.27. The van der Waals surface area contributed by atoms with Crippen LogP contribution in [0.1, 0.15) is 29.2 Å². The zero-order valence-corrected chi connectivity index (χ0v) is 17.5. The molecule has 3 N–H and O–H groups in total. The Balaban J connectivity index is 0.000000423. The van der Waals surface area contributed by atoms with Crippen molar-refractivity contribution in [3.63, 3.8) is 0 Å². The fraction of sp³-hybridized carbons (Fsp3) is 0.611. The summed E-state index contributed by atoms with van der Waals surface area (Å²) in [6.45, 7) is 3.52. The van der Waals surface area contributed by atoms with Crippen LogP contribution in [-0.4, -0.2) is 75.1 Å². The van der Waals surface area contributed by atoms with Gasteiger partial charge in [0.25, 0.3) is 11.5 Å². The van der Waals surface area contributed by atoms with Gasteiger partial charge in [0.2, 0.25) is 5.91 Å². The molecule has 0 aromatic carbocycles. The van der Waals surface area contributed by atoms with Gasteiger partial charge in [-0.25, -0.2) is 9.78 Å². The molecule has 1 atom stereocenters. The van der Waals surface area contributed by atoms with E-state index in [1.807, 2.05) is 16.7 Å². The molecule has 31 heavy (non-hydrogen) atoms. The van der Waals surface area contributed by atoms with Crippen molar-refractivity contribution in [1.82, 2.24) is 20.2 Å². The molecule has 0 radical (unpaired) electrons. The predicted octanol–water partition coefficient (Wildman–Crippen LogP) is 1.04. The maximum absolute atomic E-state index is 12.3. The molecule has 3 rings (SSSR count). The van der Waals surface area contributed by atoms with Crippen LogP contribution in [0.25, 0.3) is 0 Å². The maximum Gasteiger partial charge on any atom is 0.490 e. The van der Waals surface area contributed by atoms with E-state index in [2.05, 4.69) is 15.3 Å². The summed E-state index contributed by atoms with van der Waals surface area (Å²) in [6, 6.07) is 1.19. The minimum atomic E-state index is -5.08. The highest BCUT2D eigenvalue weighted by Gasteiger charge is 2.38. The van der Waals surface area contributed by atoms with E-state index in [0.717, 1.165) is 24.3 Å². The largest absolute Gasteiger partial charge is 0.490 e. The summed E-state index contributed by atoms with van der Waals surface area (Å²) < 4.78 is 31.7. The molecule has 2 amide bonds. The Morgan fingerprint density at radius 1 is 1.35 bits per heavy atom. The number of hydrogen-bond donors (Lipinski definition) is 3. The van der Waals surface area contributed by atoms with Crippen LogP contribution in [0.5, 0.6) is 0 Å². The predicted molar refractivity (Wildman–Crippen MR) is 106 cm³/mol. The summed E-state index contributed by atoms with van der Waals surface area (Å²) in [4.78, 5) is 53.1. The van der Waals surface area contributed by atoms with Gasteiger partial charge in [0.05, 0.1) is 0 Å². The number of alkyl halides is 3. The van der Waals surface area contributed by atoms with Crippen molar-refractivity contribution >= 4 is 29.5 Å². The molecule has 3 heterocycles. The third kappa shape index (κ3) is 7.56. The van der Waals surface area contributed by atoms with E-state index in [-0.39, 0.29) is 34.9 Å². The van der Waals surface area contributed by atoms with Crippen LogP contribution in [-0.2, 0) is 9.59 Å². The summed E-state index contributed by atoms with van der Waals surface area (Å²) in [7, 11) is 0. The van der Waals surface area contributed by atoms with Crippen molar-refractivity contribution < 1.29 is 32.7 Å². The molecule has 2 aliphatic heterocycles. The first-order chi connectivity index (χ1) is 14.5. The van der Waals surface area contributed by atoms with Gasteiger partial charge in [-0.1, -0.05) is 0 Å². The number of nitrogens with one attached hydrogen (secondary N) is 2. The lowest BCUT2D eigenvalue weighted by Gasteiger charge is -2.41. The monoisotopic (exact) mass is 464 g/mol. The van der Waals surface area contributed by atoms with Gasteiger partial charge in [-0.15, -0.1) is 0 Å². The molecule has 2 fully saturated rings. The Hall–Kier alpha value is -2.57. The molecule has 0 spiro atoms. The number of aromatic nitrogens is 2. The summed E-state index contributed by atoms with van der Waals surface area (Å²) in [6.07, 6.45) is -2.96. The zero-order chi connectivity index (χ0) is 23.2. The Bertz CT molecular complexity index is 864. The molecule has 0 aliphatic carbocycles. The number of carboxylic acids is 1. The number of hydrogen-bond acceptors (Lipinski definition) is 6. The fourth-order valence-electron chi connectivity index (χ4n) is 3.10. The summed E-state index contributed by atoms with van der Waals surface area (Å²) >= 11 is 1.86. The molecular weight excluding hydrogens is 441 g/mol. The smallest absolute Gasteiger partial charge is 0.475 e. The van der Waals surface area contributed by atoms with Gasteiger partial charge in [0.1, 0.15) is 11.5 Å². The number of aliphatic carboxylic acids is 1. The number of rotatable bonds is 4. The Kier molecular flexibility index (Phi) is 8.48. The standard InChI is InChI=1S/C16H22N4O3S.C2HF3O2/c1-10-18-13(5-14(21)19-10)15(22)17-6-11-7-20(8-11)16(23)12-3-2-4-24-9-12;3-2(4,5)1(6)7/h5,11-12H,2-4,6-9H2,1H3,(H,17,22)(H,18,19,21);(H,6,7). The lowest BCUT2D eigenvalue weighted by Crippen LogP contribution is -2.55. The van der Waals surface area contributed by atoms with E-state index >= 15 is 0 Å². The first-order valence-electron chi connectivity index (χ1n) is 9.50. The molecule has 172 valence electrons. The van der Waals surface area contributed by atoms with Gasteiger partial charge >= 0.3 is 12.1 Å². The normalized spacial score (nSPS) is 19.0. The van der Waals surface area contributed by atoms with Gasteiger partial charge < -0.3 is 20.3 Å². The lowest BCUT2D eigenvalue weighted by molar-refractivity contribution is -0.192. The Morgan fingerprint density at radius 3 is 2.52 bits per heavy atom. The highest BCUT2D eigenvalue weighted by molar-refractivity contribution is 7.99. The first kappa shape index (κ1) is 24.7. The first-order valence-corrected chi connectivity index (χ1v) is 10.7. The molecule has 0 saturated carbocycles. The summed E-state index contributed by atoms with van der Waals surface area (Å²) in [5, 5.41) is 9.92.